The van der Waals surface area contributed by atoms with Crippen LogP contribution >= 0.6 is 0 Å². The summed E-state index contributed by atoms with van der Waals surface area (Å²) < 4.78 is 11.4. The number of nitrogens with zero attached hydrogens (tertiary/aromatic N) is 1. The number of hydrogen-bond donors (Lipinski definition) is 0. The number of rotatable bonds is 6. The predicted octanol–water partition coefficient (Wildman–Crippen LogP) is 3.78. The predicted molar refractivity (Wildman–Crippen MR) is 100 cm³/mol. The van der Waals surface area contributed by atoms with Gasteiger partial charge in [-0.3, -0.25) is 9.59 Å². The summed E-state index contributed by atoms with van der Waals surface area (Å²) in [6.07, 6.45) is -0.143. The van der Waals surface area contributed by atoms with E-state index >= 15 is 0 Å². The summed E-state index contributed by atoms with van der Waals surface area (Å²) in [5.74, 6) is 1.28. The van der Waals surface area contributed by atoms with Gasteiger partial charge in [0.15, 0.2) is 11.9 Å². The van der Waals surface area contributed by atoms with E-state index in [9.17, 15) is 9.59 Å². The lowest BCUT2D eigenvalue weighted by atomic mass is 10.1. The lowest BCUT2D eigenvalue weighted by molar-refractivity contribution is -0.125. The first-order chi connectivity index (χ1) is 12.5. The van der Waals surface area contributed by atoms with Crippen molar-refractivity contribution in [2.24, 2.45) is 0 Å². The molecule has 0 radical (unpaired) electrons. The van der Waals surface area contributed by atoms with E-state index in [-0.39, 0.29) is 11.7 Å². The summed E-state index contributed by atoms with van der Waals surface area (Å²) in [6.45, 7) is 6.30. The van der Waals surface area contributed by atoms with Crippen molar-refractivity contribution in [3.63, 3.8) is 0 Å². The van der Waals surface area contributed by atoms with Crippen LogP contribution in [0.2, 0.25) is 0 Å². The van der Waals surface area contributed by atoms with Gasteiger partial charge in [-0.15, -0.1) is 0 Å². The van der Waals surface area contributed by atoms with E-state index in [1.165, 1.54) is 0 Å². The van der Waals surface area contributed by atoms with Crippen LogP contribution in [0.1, 0.15) is 36.2 Å². The van der Waals surface area contributed by atoms with E-state index in [2.05, 4.69) is 0 Å². The Balaban J connectivity index is 1.78. The monoisotopic (exact) mass is 353 g/mol. The third-order valence-corrected chi connectivity index (χ3v) is 4.41. The van der Waals surface area contributed by atoms with Crippen LogP contribution in [0.4, 0.5) is 5.69 Å². The molecule has 0 bridgehead atoms. The molecule has 1 unspecified atom stereocenters. The number of carbonyl (C=O) groups is 2. The van der Waals surface area contributed by atoms with E-state index in [4.69, 9.17) is 9.47 Å². The third-order valence-electron chi connectivity index (χ3n) is 4.41. The van der Waals surface area contributed by atoms with E-state index < -0.39 is 6.10 Å². The number of aryl methyl sites for hydroxylation is 1. The Morgan fingerprint density at radius 2 is 1.92 bits per heavy atom. The van der Waals surface area contributed by atoms with Crippen LogP contribution in [0.3, 0.4) is 0 Å². The van der Waals surface area contributed by atoms with E-state index in [0.717, 1.165) is 11.3 Å². The van der Waals surface area contributed by atoms with E-state index in [0.29, 0.717) is 36.6 Å². The average Bonchev–Trinajstić information content (AvgIpc) is 2.65. The van der Waals surface area contributed by atoms with Crippen LogP contribution in [0, 0.1) is 6.92 Å². The SMILES string of the molecule is CCC(=O)c1ccc2c(c1)N(CCOc1ccc(C)cc1)C(=O)C(C)O2. The van der Waals surface area contributed by atoms with Gasteiger partial charge in [-0.2, -0.15) is 0 Å². The van der Waals surface area contributed by atoms with Crippen LogP contribution in [-0.4, -0.2) is 30.9 Å². The number of ketones is 1. The molecule has 1 amide bonds. The summed E-state index contributed by atoms with van der Waals surface area (Å²) in [6, 6.07) is 13.0. The summed E-state index contributed by atoms with van der Waals surface area (Å²) >= 11 is 0. The quantitative estimate of drug-likeness (QED) is 0.742. The molecule has 0 fully saturated rings. The summed E-state index contributed by atoms with van der Waals surface area (Å²) in [7, 11) is 0. The average molecular weight is 353 g/mol. The Morgan fingerprint density at radius 1 is 1.19 bits per heavy atom. The van der Waals surface area contributed by atoms with Crippen molar-refractivity contribution in [1.82, 2.24) is 0 Å². The minimum absolute atomic E-state index is 0.0368. The molecule has 26 heavy (non-hydrogen) atoms. The Bertz CT molecular complexity index is 813. The van der Waals surface area contributed by atoms with Crippen molar-refractivity contribution < 1.29 is 19.1 Å². The molecule has 2 aromatic carbocycles. The maximum atomic E-state index is 12.6. The fraction of sp³-hybridized carbons (Fsp3) is 0.333. The molecule has 0 saturated carbocycles. The first-order valence-electron chi connectivity index (χ1n) is 8.84. The maximum absolute atomic E-state index is 12.6. The highest BCUT2D eigenvalue weighted by atomic mass is 16.5. The molecule has 1 atom stereocenters. The molecule has 0 saturated heterocycles. The van der Waals surface area contributed by atoms with Crippen molar-refractivity contribution in [3.8, 4) is 11.5 Å². The fourth-order valence-corrected chi connectivity index (χ4v) is 2.90. The lowest BCUT2D eigenvalue weighted by Gasteiger charge is -2.33. The van der Waals surface area contributed by atoms with Crippen molar-refractivity contribution in [3.05, 3.63) is 53.6 Å². The van der Waals surface area contributed by atoms with Gasteiger partial charge in [0.05, 0.1) is 12.2 Å². The number of ether oxygens (including phenoxy) is 2. The summed E-state index contributed by atoms with van der Waals surface area (Å²) in [4.78, 5) is 26.2. The molecule has 0 N–H and O–H groups in total. The molecule has 0 aromatic heterocycles. The molecule has 5 nitrogen and oxygen atoms in total. The molecule has 2 aromatic rings. The molecule has 0 spiro atoms. The first kappa shape index (κ1) is 18.0. The Morgan fingerprint density at radius 3 is 2.62 bits per heavy atom. The number of benzene rings is 2. The van der Waals surface area contributed by atoms with Crippen molar-refractivity contribution in [2.75, 3.05) is 18.1 Å². The van der Waals surface area contributed by atoms with Crippen molar-refractivity contribution >= 4 is 17.4 Å². The summed E-state index contributed by atoms with van der Waals surface area (Å²) in [5.41, 5.74) is 2.37. The second-order valence-corrected chi connectivity index (χ2v) is 6.37. The van der Waals surface area contributed by atoms with Crippen LogP contribution in [0.15, 0.2) is 42.5 Å². The number of fused-ring (bicyclic) bond motifs is 1. The molecule has 3 rings (SSSR count). The second kappa shape index (κ2) is 7.60. The van der Waals surface area contributed by atoms with E-state index in [1.54, 1.807) is 30.0 Å². The molecule has 0 aliphatic carbocycles. The van der Waals surface area contributed by atoms with Gasteiger partial charge < -0.3 is 14.4 Å². The highest BCUT2D eigenvalue weighted by molar-refractivity contribution is 6.02. The van der Waals surface area contributed by atoms with Gasteiger partial charge in [-0.1, -0.05) is 24.6 Å². The zero-order chi connectivity index (χ0) is 18.7. The largest absolute Gasteiger partial charge is 0.492 e. The summed E-state index contributed by atoms with van der Waals surface area (Å²) in [5, 5.41) is 0. The van der Waals surface area contributed by atoms with Crippen LogP contribution < -0.4 is 14.4 Å². The highest BCUT2D eigenvalue weighted by Crippen LogP contribution is 2.35. The first-order valence-corrected chi connectivity index (χ1v) is 8.84. The smallest absolute Gasteiger partial charge is 0.267 e. The van der Waals surface area contributed by atoms with Gasteiger partial charge in [0.25, 0.3) is 5.91 Å². The molecule has 1 aliphatic rings. The van der Waals surface area contributed by atoms with Gasteiger partial charge in [-0.05, 0) is 44.2 Å². The van der Waals surface area contributed by atoms with E-state index in [1.807, 2.05) is 38.1 Å². The second-order valence-electron chi connectivity index (χ2n) is 6.37. The van der Waals surface area contributed by atoms with Gasteiger partial charge in [0.2, 0.25) is 0 Å². The molecule has 1 heterocycles. The van der Waals surface area contributed by atoms with Gasteiger partial charge in [0, 0.05) is 12.0 Å². The molecular formula is C21H23NO4. The lowest BCUT2D eigenvalue weighted by Crippen LogP contribution is -2.46. The zero-order valence-corrected chi connectivity index (χ0v) is 15.3. The number of carbonyl (C=O) groups excluding carboxylic acids is 2. The molecule has 136 valence electrons. The maximum Gasteiger partial charge on any atom is 0.267 e. The minimum Gasteiger partial charge on any atom is -0.492 e. The van der Waals surface area contributed by atoms with Crippen LogP contribution in [0.5, 0.6) is 11.5 Å². The van der Waals surface area contributed by atoms with Crippen molar-refractivity contribution in [2.45, 2.75) is 33.3 Å². The normalized spacial score (nSPS) is 16.0. The topological polar surface area (TPSA) is 55.8 Å². The van der Waals surface area contributed by atoms with Gasteiger partial charge in [0.1, 0.15) is 18.1 Å². The number of Topliss-reactive ketones (excluding diaryl/α,β-unsaturated/α-hetero) is 1. The molecule has 1 aliphatic heterocycles. The van der Waals surface area contributed by atoms with Gasteiger partial charge in [-0.25, -0.2) is 0 Å². The highest BCUT2D eigenvalue weighted by Gasteiger charge is 2.31. The minimum atomic E-state index is -0.561. The van der Waals surface area contributed by atoms with Crippen molar-refractivity contribution in [1.29, 1.82) is 0 Å². The van der Waals surface area contributed by atoms with Gasteiger partial charge >= 0.3 is 0 Å². The van der Waals surface area contributed by atoms with Crippen LogP contribution in [-0.2, 0) is 4.79 Å². The zero-order valence-electron chi connectivity index (χ0n) is 15.3. The Labute approximate surface area is 153 Å². The Kier molecular flexibility index (Phi) is 5.26. The third kappa shape index (κ3) is 3.72. The molecule has 5 heteroatoms. The fourth-order valence-electron chi connectivity index (χ4n) is 2.90. The molecular weight excluding hydrogens is 330 g/mol. The van der Waals surface area contributed by atoms with Crippen LogP contribution in [0.25, 0.3) is 0 Å². The number of hydrogen-bond acceptors (Lipinski definition) is 4. The standard InChI is InChI=1S/C21H23NO4/c1-4-19(23)16-7-10-20-18(13-16)22(21(24)15(3)26-20)11-12-25-17-8-5-14(2)6-9-17/h5-10,13,15H,4,11-12H2,1-3H3. The number of amides is 1. The Hall–Kier alpha value is -2.82. The number of anilines is 1.